The number of carbonyl (C=O) groups is 1. The molecule has 1 unspecified atom stereocenters. The lowest BCUT2D eigenvalue weighted by Gasteiger charge is -2.31. The average Bonchev–Trinajstić information content (AvgIpc) is 2.56. The van der Waals surface area contributed by atoms with Gasteiger partial charge in [-0.05, 0) is 57.1 Å². The van der Waals surface area contributed by atoms with Crippen LogP contribution >= 0.6 is 0 Å². The summed E-state index contributed by atoms with van der Waals surface area (Å²) in [6.07, 6.45) is 2.27. The molecule has 0 aromatic heterocycles. The van der Waals surface area contributed by atoms with E-state index in [-0.39, 0.29) is 11.7 Å². The molecule has 0 radical (unpaired) electrons. The minimum absolute atomic E-state index is 0.292. The topological polar surface area (TPSA) is 58.4 Å². The molecule has 0 aliphatic carbocycles. The summed E-state index contributed by atoms with van der Waals surface area (Å²) in [6.45, 7) is 1.78. The number of nitrogens with two attached hydrogens (primary N) is 1. The fourth-order valence-electron chi connectivity index (χ4n) is 2.51. The van der Waals surface area contributed by atoms with Crippen LogP contribution in [-0.4, -0.2) is 36.5 Å². The maximum atomic E-state index is 12.9. The number of carbonyl (C=O) groups excluding carboxylic acids is 1. The van der Waals surface area contributed by atoms with Gasteiger partial charge in [0.15, 0.2) is 0 Å². The molecule has 2 rings (SSSR count). The van der Waals surface area contributed by atoms with Crippen molar-refractivity contribution in [2.45, 2.75) is 24.8 Å². The Hall–Kier alpha value is -1.62. The maximum absolute atomic E-state index is 12.9. The second kappa shape index (κ2) is 5.57. The van der Waals surface area contributed by atoms with Gasteiger partial charge in [-0.1, -0.05) is 0 Å². The zero-order valence-electron chi connectivity index (χ0n) is 11.2. The van der Waals surface area contributed by atoms with Crippen LogP contribution in [0.3, 0.4) is 0 Å². The molecule has 0 saturated carbocycles. The number of likely N-dealkylation sites (tertiary alicyclic amines) is 1. The second-order valence-electron chi connectivity index (χ2n) is 5.24. The smallest absolute Gasteiger partial charge is 0.243 e. The van der Waals surface area contributed by atoms with Gasteiger partial charge in [0.25, 0.3) is 0 Å². The van der Waals surface area contributed by atoms with E-state index in [4.69, 9.17) is 5.73 Å². The first kappa shape index (κ1) is 13.8. The summed E-state index contributed by atoms with van der Waals surface area (Å²) in [5.74, 6) is -0.633. The highest BCUT2D eigenvalue weighted by Crippen LogP contribution is 2.26. The molecule has 1 atom stereocenters. The number of nitrogens with zero attached hydrogens (tertiary/aromatic N) is 1. The lowest BCUT2D eigenvalue weighted by molar-refractivity contribution is -0.122. The van der Waals surface area contributed by atoms with E-state index in [1.165, 1.54) is 12.1 Å². The lowest BCUT2D eigenvalue weighted by Crippen LogP contribution is -2.51. The molecule has 1 aromatic carbocycles. The van der Waals surface area contributed by atoms with E-state index in [1.54, 1.807) is 12.1 Å². The zero-order chi connectivity index (χ0) is 13.9. The van der Waals surface area contributed by atoms with Crippen molar-refractivity contribution in [2.75, 3.05) is 25.5 Å². The number of hydrogen-bond donors (Lipinski definition) is 2. The van der Waals surface area contributed by atoms with Crippen molar-refractivity contribution >= 4 is 11.6 Å². The Morgan fingerprint density at radius 1 is 1.32 bits per heavy atom. The van der Waals surface area contributed by atoms with E-state index in [0.29, 0.717) is 12.8 Å². The zero-order valence-corrected chi connectivity index (χ0v) is 11.2. The van der Waals surface area contributed by atoms with Gasteiger partial charge in [0.1, 0.15) is 11.4 Å². The van der Waals surface area contributed by atoms with Crippen LogP contribution in [0.1, 0.15) is 19.3 Å². The molecule has 3 N–H and O–H groups in total. The van der Waals surface area contributed by atoms with E-state index in [1.807, 2.05) is 7.05 Å². The molecule has 19 heavy (non-hydrogen) atoms. The van der Waals surface area contributed by atoms with Crippen LogP contribution < -0.4 is 11.1 Å². The Bertz CT molecular complexity index is 449. The Labute approximate surface area is 112 Å². The van der Waals surface area contributed by atoms with Gasteiger partial charge in [0.2, 0.25) is 5.91 Å². The Balaban J connectivity index is 2.19. The van der Waals surface area contributed by atoms with Crippen LogP contribution in [0.25, 0.3) is 0 Å². The average molecular weight is 265 g/mol. The maximum Gasteiger partial charge on any atom is 0.243 e. The van der Waals surface area contributed by atoms with Crippen molar-refractivity contribution < 1.29 is 9.18 Å². The van der Waals surface area contributed by atoms with Crippen molar-refractivity contribution in [2.24, 2.45) is 5.73 Å². The van der Waals surface area contributed by atoms with Crippen molar-refractivity contribution in [3.63, 3.8) is 0 Å². The van der Waals surface area contributed by atoms with Crippen LogP contribution in [0.15, 0.2) is 24.3 Å². The van der Waals surface area contributed by atoms with Gasteiger partial charge in [-0.2, -0.15) is 0 Å². The molecule has 1 fully saturated rings. The van der Waals surface area contributed by atoms with Gasteiger partial charge in [-0.25, -0.2) is 4.39 Å². The number of nitrogens with one attached hydrogen (secondary N) is 1. The monoisotopic (exact) mass is 265 g/mol. The molecule has 104 valence electrons. The summed E-state index contributed by atoms with van der Waals surface area (Å²) in [7, 11) is 2.04. The predicted molar refractivity (Wildman–Crippen MR) is 73.3 cm³/mol. The third-order valence-corrected chi connectivity index (χ3v) is 3.76. The fourth-order valence-corrected chi connectivity index (χ4v) is 2.51. The molecule has 0 bridgehead atoms. The second-order valence-corrected chi connectivity index (χ2v) is 5.24. The van der Waals surface area contributed by atoms with E-state index >= 15 is 0 Å². The first-order valence-corrected chi connectivity index (χ1v) is 6.54. The Morgan fingerprint density at radius 3 is 2.63 bits per heavy atom. The predicted octanol–water partition coefficient (Wildman–Crippen LogP) is 1.58. The van der Waals surface area contributed by atoms with Crippen LogP contribution in [-0.2, 0) is 4.79 Å². The highest BCUT2D eigenvalue weighted by Gasteiger charge is 2.37. The van der Waals surface area contributed by atoms with E-state index in [0.717, 1.165) is 25.2 Å². The molecule has 1 aliphatic heterocycles. The quantitative estimate of drug-likeness (QED) is 0.872. The molecular weight excluding hydrogens is 245 g/mol. The number of primary amides is 1. The fraction of sp³-hybridized carbons (Fsp3) is 0.500. The van der Waals surface area contributed by atoms with Crippen molar-refractivity contribution in [1.29, 1.82) is 0 Å². The molecule has 1 amide bonds. The minimum atomic E-state index is -0.734. The molecule has 1 heterocycles. The molecule has 5 heteroatoms. The molecule has 1 saturated heterocycles. The summed E-state index contributed by atoms with van der Waals surface area (Å²) in [6, 6.07) is 6.02. The highest BCUT2D eigenvalue weighted by molar-refractivity contribution is 5.88. The molecule has 0 spiro atoms. The summed E-state index contributed by atoms with van der Waals surface area (Å²) in [5.41, 5.74) is 5.59. The number of hydrogen-bond acceptors (Lipinski definition) is 3. The van der Waals surface area contributed by atoms with E-state index in [9.17, 15) is 9.18 Å². The molecule has 1 aromatic rings. The van der Waals surface area contributed by atoms with Gasteiger partial charge in [-0.15, -0.1) is 0 Å². The normalized spacial score (nSPS) is 24.7. The van der Waals surface area contributed by atoms with Crippen LogP contribution in [0.5, 0.6) is 0 Å². The number of anilines is 1. The molecular formula is C14H20FN3O. The molecule has 1 aliphatic rings. The van der Waals surface area contributed by atoms with Crippen molar-refractivity contribution in [3.8, 4) is 0 Å². The minimum Gasteiger partial charge on any atom is -0.371 e. The van der Waals surface area contributed by atoms with Crippen LogP contribution in [0, 0.1) is 5.82 Å². The van der Waals surface area contributed by atoms with Crippen LogP contribution in [0.4, 0.5) is 10.1 Å². The lowest BCUT2D eigenvalue weighted by atomic mass is 9.89. The first-order valence-electron chi connectivity index (χ1n) is 6.54. The van der Waals surface area contributed by atoms with Gasteiger partial charge in [0.05, 0.1) is 0 Å². The summed E-state index contributed by atoms with van der Waals surface area (Å²) >= 11 is 0. The van der Waals surface area contributed by atoms with Crippen molar-refractivity contribution in [1.82, 2.24) is 4.90 Å². The third kappa shape index (κ3) is 3.23. The first-order chi connectivity index (χ1) is 9.02. The van der Waals surface area contributed by atoms with E-state index in [2.05, 4.69) is 10.2 Å². The summed E-state index contributed by atoms with van der Waals surface area (Å²) in [4.78, 5) is 14.1. The number of benzene rings is 1. The SMILES string of the molecule is CN1CCCC(Nc2ccc(F)cc2)(C(N)=O)CC1. The summed E-state index contributed by atoms with van der Waals surface area (Å²) < 4.78 is 12.9. The summed E-state index contributed by atoms with van der Waals surface area (Å²) in [5, 5.41) is 3.21. The number of halogens is 1. The molecule has 4 nitrogen and oxygen atoms in total. The van der Waals surface area contributed by atoms with Crippen LogP contribution in [0.2, 0.25) is 0 Å². The number of amides is 1. The van der Waals surface area contributed by atoms with Gasteiger partial charge >= 0.3 is 0 Å². The largest absolute Gasteiger partial charge is 0.371 e. The highest BCUT2D eigenvalue weighted by atomic mass is 19.1. The van der Waals surface area contributed by atoms with Gasteiger partial charge < -0.3 is 16.0 Å². The number of rotatable bonds is 3. The van der Waals surface area contributed by atoms with Gasteiger partial charge in [0, 0.05) is 12.2 Å². The van der Waals surface area contributed by atoms with E-state index < -0.39 is 5.54 Å². The Kier molecular flexibility index (Phi) is 4.04. The standard InChI is InChI=1S/C14H20FN3O/c1-18-9-2-7-14(8-10-18,13(16)19)17-12-5-3-11(15)4-6-12/h3-6,17H,2,7-10H2,1H3,(H2,16,19). The van der Waals surface area contributed by atoms with Crippen molar-refractivity contribution in [3.05, 3.63) is 30.1 Å². The Morgan fingerprint density at radius 2 is 2.00 bits per heavy atom. The third-order valence-electron chi connectivity index (χ3n) is 3.76. The van der Waals surface area contributed by atoms with Gasteiger partial charge in [-0.3, -0.25) is 4.79 Å².